The van der Waals surface area contributed by atoms with Gasteiger partial charge in [-0.05, 0) is 24.3 Å². The summed E-state index contributed by atoms with van der Waals surface area (Å²) in [4.78, 5) is 11.7. The fourth-order valence-electron chi connectivity index (χ4n) is 1.36. The molecule has 1 amide bonds. The van der Waals surface area contributed by atoms with Crippen molar-refractivity contribution in [2.45, 2.75) is 4.90 Å². The molecule has 1 rings (SSSR count). The Hall–Kier alpha value is -1.15. The van der Waals surface area contributed by atoms with E-state index >= 15 is 0 Å². The average Bonchev–Trinajstić information content (AvgIpc) is 2.13. The second-order valence-corrected chi connectivity index (χ2v) is 6.63. The zero-order valence-corrected chi connectivity index (χ0v) is 12.6. The Labute approximate surface area is 119 Å². The van der Waals surface area contributed by atoms with E-state index in [0.717, 1.165) is 0 Å². The van der Waals surface area contributed by atoms with Crippen molar-refractivity contribution in [3.63, 3.8) is 0 Å². The van der Waals surface area contributed by atoms with Gasteiger partial charge in [-0.1, -0.05) is 0 Å². The highest BCUT2D eigenvalue weighted by Crippen LogP contribution is 2.12. The normalized spacial score (nSPS) is 11.6. The molecule has 19 heavy (non-hydrogen) atoms. The van der Waals surface area contributed by atoms with E-state index in [9.17, 15) is 13.2 Å². The largest absolute Gasteiger partial charge is 1.00 e. The number of rotatable bonds is 4. The molecule has 0 saturated heterocycles. The number of likely N-dealkylation sites (N-methyl/N-ethyl adjacent to an activating group) is 1. The van der Waals surface area contributed by atoms with Crippen molar-refractivity contribution in [1.29, 1.82) is 0 Å². The molecule has 0 atom stereocenters. The first kappa shape index (κ1) is 17.8. The van der Waals surface area contributed by atoms with E-state index in [1.54, 1.807) is 0 Å². The second-order valence-electron chi connectivity index (χ2n) is 5.07. The number of carbonyl (C=O) groups excluding carboxylic acids is 1. The molecule has 1 aromatic rings. The number of sulfonamides is 1. The number of halogens is 1. The van der Waals surface area contributed by atoms with Gasteiger partial charge in [0, 0.05) is 5.69 Å². The highest BCUT2D eigenvalue weighted by molar-refractivity contribution is 7.89. The quantitative estimate of drug-likeness (QED) is 0.580. The van der Waals surface area contributed by atoms with E-state index in [0.29, 0.717) is 16.7 Å². The van der Waals surface area contributed by atoms with Crippen LogP contribution in [0.25, 0.3) is 0 Å². The SMILES string of the molecule is C[N+](C)(C)CC(=O)Nc1ccc(S(N)(=O)=O)cc1.[Cl-]. The maximum absolute atomic E-state index is 11.6. The zero-order valence-electron chi connectivity index (χ0n) is 11.1. The van der Waals surface area contributed by atoms with Gasteiger partial charge in [0.1, 0.15) is 0 Å². The summed E-state index contributed by atoms with van der Waals surface area (Å²) in [5.41, 5.74) is 0.542. The summed E-state index contributed by atoms with van der Waals surface area (Å²) in [5, 5.41) is 7.66. The Kier molecular flexibility index (Phi) is 5.95. The summed E-state index contributed by atoms with van der Waals surface area (Å²) in [6.07, 6.45) is 0. The molecule has 0 unspecified atom stereocenters. The van der Waals surface area contributed by atoms with Crippen molar-refractivity contribution < 1.29 is 30.1 Å². The lowest BCUT2D eigenvalue weighted by Gasteiger charge is -2.22. The van der Waals surface area contributed by atoms with Gasteiger partial charge in [-0.25, -0.2) is 13.6 Å². The molecule has 0 fully saturated rings. The Morgan fingerprint density at radius 3 is 2.05 bits per heavy atom. The molecule has 0 aliphatic carbocycles. The summed E-state index contributed by atoms with van der Waals surface area (Å²) in [5.74, 6) is -0.133. The number of benzene rings is 1. The minimum absolute atomic E-state index is 0. The van der Waals surface area contributed by atoms with Crippen LogP contribution in [0.15, 0.2) is 29.2 Å². The molecule has 3 N–H and O–H groups in total. The number of primary sulfonamides is 1. The lowest BCUT2D eigenvalue weighted by atomic mass is 10.3. The Morgan fingerprint density at radius 1 is 1.21 bits per heavy atom. The van der Waals surface area contributed by atoms with Crippen molar-refractivity contribution >= 4 is 21.6 Å². The van der Waals surface area contributed by atoms with Crippen LogP contribution in [0.3, 0.4) is 0 Å². The van der Waals surface area contributed by atoms with Crippen LogP contribution < -0.4 is 22.9 Å². The van der Waals surface area contributed by atoms with Crippen molar-refractivity contribution in [2.24, 2.45) is 5.14 Å². The van der Waals surface area contributed by atoms with Crippen molar-refractivity contribution in [1.82, 2.24) is 0 Å². The van der Waals surface area contributed by atoms with Gasteiger partial charge >= 0.3 is 0 Å². The predicted octanol–water partition coefficient (Wildman–Crippen LogP) is -3.02. The molecule has 0 heterocycles. The van der Waals surface area contributed by atoms with E-state index in [1.807, 2.05) is 21.1 Å². The summed E-state index contributed by atoms with van der Waals surface area (Å²) in [7, 11) is 2.03. The molecular formula is C11H18ClN3O3S. The number of anilines is 1. The van der Waals surface area contributed by atoms with Crippen molar-refractivity contribution in [3.8, 4) is 0 Å². The number of nitrogens with two attached hydrogens (primary N) is 1. The first-order chi connectivity index (χ1) is 8.08. The standard InChI is InChI=1S/C11H17N3O3S.ClH/c1-14(2,3)8-11(15)13-9-4-6-10(7-5-9)18(12,16)17;/h4-7H,8H2,1-3H3,(H2-,12,13,15,16,17);1H. The van der Waals surface area contributed by atoms with Crippen LogP contribution >= 0.6 is 0 Å². The average molecular weight is 308 g/mol. The molecule has 0 aliphatic rings. The van der Waals surface area contributed by atoms with Gasteiger partial charge < -0.3 is 22.2 Å². The first-order valence-electron chi connectivity index (χ1n) is 5.31. The molecule has 1 aromatic carbocycles. The highest BCUT2D eigenvalue weighted by atomic mass is 35.5. The van der Waals surface area contributed by atoms with Crippen LogP contribution in [-0.4, -0.2) is 46.5 Å². The fourth-order valence-corrected chi connectivity index (χ4v) is 1.87. The molecule has 0 aromatic heterocycles. The molecule has 0 bridgehead atoms. The minimum Gasteiger partial charge on any atom is -1.00 e. The molecule has 108 valence electrons. The number of hydrogen-bond donors (Lipinski definition) is 2. The first-order valence-corrected chi connectivity index (χ1v) is 6.86. The number of nitrogens with one attached hydrogen (secondary N) is 1. The summed E-state index contributed by atoms with van der Waals surface area (Å²) in [6, 6.07) is 5.73. The van der Waals surface area contributed by atoms with E-state index in [-0.39, 0.29) is 23.2 Å². The lowest BCUT2D eigenvalue weighted by molar-refractivity contribution is -0.861. The number of amides is 1. The summed E-state index contributed by atoms with van der Waals surface area (Å²) >= 11 is 0. The van der Waals surface area contributed by atoms with Gasteiger partial charge in [0.05, 0.1) is 26.0 Å². The molecule has 6 nitrogen and oxygen atoms in total. The molecule has 0 spiro atoms. The maximum Gasteiger partial charge on any atom is 0.279 e. The van der Waals surface area contributed by atoms with Crippen molar-refractivity contribution in [3.05, 3.63) is 24.3 Å². The number of carbonyl (C=O) groups is 1. The van der Waals surface area contributed by atoms with Crippen LogP contribution in [-0.2, 0) is 14.8 Å². The fraction of sp³-hybridized carbons (Fsp3) is 0.364. The molecule has 0 radical (unpaired) electrons. The van der Waals surface area contributed by atoms with Crippen LogP contribution in [0.4, 0.5) is 5.69 Å². The van der Waals surface area contributed by atoms with Gasteiger partial charge in [-0.3, -0.25) is 4.79 Å². The molecule has 8 heteroatoms. The topological polar surface area (TPSA) is 89.3 Å². The van der Waals surface area contributed by atoms with Gasteiger partial charge in [-0.2, -0.15) is 0 Å². The smallest absolute Gasteiger partial charge is 0.279 e. The third-order valence-electron chi connectivity index (χ3n) is 2.08. The van der Waals surface area contributed by atoms with Crippen LogP contribution in [0.5, 0.6) is 0 Å². The second kappa shape index (κ2) is 6.33. The highest BCUT2D eigenvalue weighted by Gasteiger charge is 2.14. The van der Waals surface area contributed by atoms with E-state index in [2.05, 4.69) is 5.32 Å². The van der Waals surface area contributed by atoms with Gasteiger partial charge in [0.15, 0.2) is 6.54 Å². The summed E-state index contributed by atoms with van der Waals surface area (Å²) < 4.78 is 22.6. The van der Waals surface area contributed by atoms with Gasteiger partial charge in [0.2, 0.25) is 10.0 Å². The predicted molar refractivity (Wildman–Crippen MR) is 69.3 cm³/mol. The zero-order chi connectivity index (χ0) is 14.0. The van der Waals surface area contributed by atoms with E-state index < -0.39 is 10.0 Å². The number of quaternary nitrogens is 1. The summed E-state index contributed by atoms with van der Waals surface area (Å²) in [6.45, 7) is 0.330. The van der Waals surface area contributed by atoms with Crippen LogP contribution in [0.1, 0.15) is 0 Å². The minimum atomic E-state index is -3.69. The molecular weight excluding hydrogens is 290 g/mol. The Morgan fingerprint density at radius 2 is 1.68 bits per heavy atom. The number of hydrogen-bond acceptors (Lipinski definition) is 3. The third-order valence-corrected chi connectivity index (χ3v) is 3.01. The Bertz CT molecular complexity index is 535. The van der Waals surface area contributed by atoms with Gasteiger partial charge in [-0.15, -0.1) is 0 Å². The lowest BCUT2D eigenvalue weighted by Crippen LogP contribution is -3.00. The van der Waals surface area contributed by atoms with Crippen LogP contribution in [0.2, 0.25) is 0 Å². The molecule has 0 saturated carbocycles. The Balaban J connectivity index is 0.00000324. The monoisotopic (exact) mass is 307 g/mol. The van der Waals surface area contributed by atoms with Crippen LogP contribution in [0, 0.1) is 0 Å². The van der Waals surface area contributed by atoms with E-state index in [1.165, 1.54) is 24.3 Å². The maximum atomic E-state index is 11.6. The number of nitrogens with zero attached hydrogens (tertiary/aromatic N) is 1. The third kappa shape index (κ3) is 6.53. The van der Waals surface area contributed by atoms with Gasteiger partial charge in [0.25, 0.3) is 5.91 Å². The van der Waals surface area contributed by atoms with Crippen molar-refractivity contribution in [2.75, 3.05) is 33.0 Å². The molecule has 0 aliphatic heterocycles. The van der Waals surface area contributed by atoms with E-state index in [4.69, 9.17) is 5.14 Å².